The standard InChI is InChI=1S/C34H36N4O4/c1-2-21-41-30-8-3-25(4-9-30)23-37-17-19-38(20-18-37)33(40)27-5-10-31(11-6-27)42-32-12-7-28(22-29(32)24-39)26-13-15-34(16-14-26)35-36-34/h1,3-12,22,26,39H,13-21,23-24H2. The molecule has 6 rings (SSSR count). The van der Waals surface area contributed by atoms with Crippen molar-refractivity contribution in [3.63, 3.8) is 0 Å². The molecule has 0 bridgehead atoms. The van der Waals surface area contributed by atoms with E-state index in [-0.39, 0.29) is 24.8 Å². The largest absolute Gasteiger partial charge is 0.481 e. The van der Waals surface area contributed by atoms with Gasteiger partial charge in [0.05, 0.1) is 6.61 Å². The highest BCUT2D eigenvalue weighted by Crippen LogP contribution is 2.47. The maximum absolute atomic E-state index is 13.2. The number of hydrogen-bond acceptors (Lipinski definition) is 7. The van der Waals surface area contributed by atoms with Crippen LogP contribution in [0.2, 0.25) is 0 Å². The first-order valence-electron chi connectivity index (χ1n) is 14.7. The molecular formula is C34H36N4O4. The third kappa shape index (κ3) is 6.48. The van der Waals surface area contributed by atoms with Gasteiger partial charge >= 0.3 is 0 Å². The van der Waals surface area contributed by atoms with Crippen molar-refractivity contribution in [3.8, 4) is 29.6 Å². The van der Waals surface area contributed by atoms with Crippen LogP contribution in [0.3, 0.4) is 0 Å². The number of aliphatic hydroxyl groups excluding tert-OH is 1. The number of aliphatic hydroxyl groups is 1. The Balaban J connectivity index is 0.999. The monoisotopic (exact) mass is 564 g/mol. The molecule has 2 heterocycles. The van der Waals surface area contributed by atoms with Crippen LogP contribution >= 0.6 is 0 Å². The molecule has 0 atom stereocenters. The first-order valence-corrected chi connectivity index (χ1v) is 14.7. The fraction of sp³-hybridized carbons (Fsp3) is 0.382. The second-order valence-electron chi connectivity index (χ2n) is 11.3. The van der Waals surface area contributed by atoms with Gasteiger partial charge in [-0.3, -0.25) is 9.69 Å². The Morgan fingerprint density at radius 3 is 2.29 bits per heavy atom. The number of carbonyl (C=O) groups excluding carboxylic acids is 1. The molecule has 1 saturated heterocycles. The highest BCUT2D eigenvalue weighted by atomic mass is 16.5. The van der Waals surface area contributed by atoms with Gasteiger partial charge in [0.2, 0.25) is 0 Å². The first-order chi connectivity index (χ1) is 20.5. The molecule has 2 fully saturated rings. The summed E-state index contributed by atoms with van der Waals surface area (Å²) >= 11 is 0. The summed E-state index contributed by atoms with van der Waals surface area (Å²) in [5.41, 5.74) is 3.76. The van der Waals surface area contributed by atoms with E-state index in [2.05, 4.69) is 45.3 Å². The lowest BCUT2D eigenvalue weighted by Gasteiger charge is -2.34. The molecule has 2 aliphatic heterocycles. The minimum absolute atomic E-state index is 0.0256. The number of nitrogens with zero attached hydrogens (tertiary/aromatic N) is 4. The van der Waals surface area contributed by atoms with Gasteiger partial charge in [-0.15, -0.1) is 6.42 Å². The zero-order chi connectivity index (χ0) is 28.9. The van der Waals surface area contributed by atoms with Gasteiger partial charge in [0.1, 0.15) is 23.9 Å². The zero-order valence-corrected chi connectivity index (χ0v) is 23.7. The molecule has 42 heavy (non-hydrogen) atoms. The summed E-state index contributed by atoms with van der Waals surface area (Å²) in [5.74, 6) is 4.98. The summed E-state index contributed by atoms with van der Waals surface area (Å²) in [6.45, 7) is 3.98. The lowest BCUT2D eigenvalue weighted by molar-refractivity contribution is 0.0628. The Labute approximate surface area is 247 Å². The summed E-state index contributed by atoms with van der Waals surface area (Å²) in [6, 6.07) is 21.3. The van der Waals surface area contributed by atoms with Gasteiger partial charge in [-0.25, -0.2) is 0 Å². The Morgan fingerprint density at radius 2 is 1.64 bits per heavy atom. The highest BCUT2D eigenvalue weighted by Gasteiger charge is 2.43. The van der Waals surface area contributed by atoms with E-state index in [1.54, 1.807) is 0 Å². The van der Waals surface area contributed by atoms with E-state index in [0.29, 0.717) is 36.1 Å². The van der Waals surface area contributed by atoms with E-state index in [9.17, 15) is 9.90 Å². The molecule has 0 radical (unpaired) electrons. The molecule has 216 valence electrons. The van der Waals surface area contributed by atoms with E-state index in [4.69, 9.17) is 15.9 Å². The van der Waals surface area contributed by atoms with Crippen molar-refractivity contribution in [3.05, 3.63) is 89.0 Å². The van der Waals surface area contributed by atoms with E-state index >= 15 is 0 Å². The van der Waals surface area contributed by atoms with Crippen molar-refractivity contribution in [2.75, 3.05) is 32.8 Å². The van der Waals surface area contributed by atoms with Crippen LogP contribution in [0.25, 0.3) is 0 Å². The second-order valence-corrected chi connectivity index (χ2v) is 11.3. The summed E-state index contributed by atoms with van der Waals surface area (Å²) in [7, 11) is 0. The van der Waals surface area contributed by atoms with Crippen molar-refractivity contribution in [1.29, 1.82) is 0 Å². The Kier molecular flexibility index (Phi) is 8.22. The van der Waals surface area contributed by atoms with Gasteiger partial charge in [-0.05, 0) is 91.3 Å². The SMILES string of the molecule is C#CCOc1ccc(CN2CCN(C(=O)c3ccc(Oc4ccc(C5CCC6(CC5)N=N6)cc4CO)cc3)CC2)cc1. The summed E-state index contributed by atoms with van der Waals surface area (Å²) in [5, 5.41) is 18.5. The number of carbonyl (C=O) groups is 1. The average molecular weight is 565 g/mol. The number of piperazine rings is 1. The normalized spacial score (nSPS) is 18.0. The van der Waals surface area contributed by atoms with Crippen molar-refractivity contribution in [2.24, 2.45) is 10.2 Å². The smallest absolute Gasteiger partial charge is 0.253 e. The van der Waals surface area contributed by atoms with Crippen LogP contribution in [0.1, 0.15) is 58.6 Å². The molecule has 1 aliphatic carbocycles. The minimum Gasteiger partial charge on any atom is -0.481 e. The molecule has 8 nitrogen and oxygen atoms in total. The number of rotatable bonds is 9. The van der Waals surface area contributed by atoms with Crippen molar-refractivity contribution in [2.45, 2.75) is 50.4 Å². The van der Waals surface area contributed by atoms with Crippen molar-refractivity contribution >= 4 is 5.91 Å². The van der Waals surface area contributed by atoms with Crippen LogP contribution < -0.4 is 9.47 Å². The second kappa shape index (κ2) is 12.4. The topological polar surface area (TPSA) is 87.0 Å². The predicted octanol–water partition coefficient (Wildman–Crippen LogP) is 5.76. The third-order valence-electron chi connectivity index (χ3n) is 8.54. The Hall–Kier alpha value is -4.19. The molecule has 8 heteroatoms. The van der Waals surface area contributed by atoms with Crippen LogP contribution in [0, 0.1) is 12.3 Å². The summed E-state index contributed by atoms with van der Waals surface area (Å²) in [4.78, 5) is 17.4. The quantitative estimate of drug-likeness (QED) is 0.334. The molecule has 0 aromatic heterocycles. The summed E-state index contributed by atoms with van der Waals surface area (Å²) in [6.07, 6.45) is 9.37. The predicted molar refractivity (Wildman–Crippen MR) is 160 cm³/mol. The molecule has 3 aromatic carbocycles. The first kappa shape index (κ1) is 28.0. The van der Waals surface area contributed by atoms with E-state index in [1.165, 1.54) is 11.1 Å². The fourth-order valence-electron chi connectivity index (χ4n) is 5.92. The number of amides is 1. The molecule has 1 saturated carbocycles. The number of terminal acetylenes is 1. The zero-order valence-electron chi connectivity index (χ0n) is 23.7. The number of hydrogen-bond donors (Lipinski definition) is 1. The van der Waals surface area contributed by atoms with Crippen LogP contribution in [0.15, 0.2) is 77.0 Å². The van der Waals surface area contributed by atoms with E-state index < -0.39 is 0 Å². The maximum atomic E-state index is 13.2. The third-order valence-corrected chi connectivity index (χ3v) is 8.54. The highest BCUT2D eigenvalue weighted by molar-refractivity contribution is 5.94. The molecule has 3 aromatic rings. The van der Waals surface area contributed by atoms with Crippen LogP contribution in [0.5, 0.6) is 17.2 Å². The molecular weight excluding hydrogens is 528 g/mol. The maximum Gasteiger partial charge on any atom is 0.253 e. The van der Waals surface area contributed by atoms with Gasteiger partial charge in [-0.2, -0.15) is 10.2 Å². The van der Waals surface area contributed by atoms with Crippen LogP contribution in [-0.4, -0.2) is 59.3 Å². The average Bonchev–Trinajstić information content (AvgIpc) is 3.80. The molecule has 1 N–H and O–H groups in total. The molecule has 1 amide bonds. The van der Waals surface area contributed by atoms with Crippen LogP contribution in [-0.2, 0) is 13.2 Å². The van der Waals surface area contributed by atoms with E-state index in [0.717, 1.165) is 56.6 Å². The Bertz CT molecular complexity index is 1450. The molecule has 0 unspecified atom stereocenters. The molecule has 3 aliphatic rings. The van der Waals surface area contributed by atoms with Gasteiger partial charge in [0.25, 0.3) is 5.91 Å². The fourth-order valence-corrected chi connectivity index (χ4v) is 5.92. The number of ether oxygens (including phenoxy) is 2. The lowest BCUT2D eigenvalue weighted by Crippen LogP contribution is -2.48. The summed E-state index contributed by atoms with van der Waals surface area (Å²) < 4.78 is 11.6. The van der Waals surface area contributed by atoms with Gasteiger partial charge < -0.3 is 19.5 Å². The minimum atomic E-state index is -0.0979. The van der Waals surface area contributed by atoms with Gasteiger partial charge in [0.15, 0.2) is 5.66 Å². The van der Waals surface area contributed by atoms with Gasteiger partial charge in [-0.1, -0.05) is 24.1 Å². The van der Waals surface area contributed by atoms with Crippen molar-refractivity contribution < 1.29 is 19.4 Å². The van der Waals surface area contributed by atoms with Crippen LogP contribution in [0.4, 0.5) is 0 Å². The van der Waals surface area contributed by atoms with Gasteiger partial charge in [0, 0.05) is 43.9 Å². The Morgan fingerprint density at radius 1 is 0.952 bits per heavy atom. The molecule has 1 spiro atoms. The lowest BCUT2D eigenvalue weighted by atomic mass is 9.80. The van der Waals surface area contributed by atoms with E-state index in [1.807, 2.05) is 47.4 Å². The van der Waals surface area contributed by atoms with Crippen molar-refractivity contribution in [1.82, 2.24) is 9.80 Å². The number of benzene rings is 3.